The van der Waals surface area contributed by atoms with E-state index in [1.165, 1.54) is 0 Å². The summed E-state index contributed by atoms with van der Waals surface area (Å²) in [4.78, 5) is 39.7. The summed E-state index contributed by atoms with van der Waals surface area (Å²) >= 11 is 6.65. The van der Waals surface area contributed by atoms with Gasteiger partial charge in [0.2, 0.25) is 8.32 Å². The van der Waals surface area contributed by atoms with Crippen molar-refractivity contribution < 1.29 is 23.5 Å². The molecule has 2 aromatic carbocycles. The van der Waals surface area contributed by atoms with Crippen LogP contribution in [0.1, 0.15) is 67.8 Å². The molecule has 1 N–H and O–H groups in total. The molecule has 7 nitrogen and oxygen atoms in total. The monoisotopic (exact) mass is 544 g/mol. The number of ether oxygens (including phenoxy) is 1. The van der Waals surface area contributed by atoms with Crippen LogP contribution in [0.5, 0.6) is 5.75 Å². The van der Waals surface area contributed by atoms with Crippen LogP contribution in [0, 0.1) is 0 Å². The first-order valence-corrected chi connectivity index (χ1v) is 15.7. The number of hydrogen-bond donors (Lipinski definition) is 1. The number of hydrogen-bond acceptors (Lipinski definition) is 5. The van der Waals surface area contributed by atoms with Crippen molar-refractivity contribution >= 4 is 37.8 Å². The molecular formula is C28H37ClN2O5Si. The van der Waals surface area contributed by atoms with Crippen LogP contribution in [-0.2, 0) is 11.2 Å². The summed E-state index contributed by atoms with van der Waals surface area (Å²) in [7, 11) is -2.05. The molecule has 0 radical (unpaired) electrons. The Labute approximate surface area is 225 Å². The molecule has 9 heteroatoms. The van der Waals surface area contributed by atoms with Crippen LogP contribution in [-0.4, -0.2) is 49.3 Å². The van der Waals surface area contributed by atoms with E-state index in [0.29, 0.717) is 21.9 Å². The Kier molecular flexibility index (Phi) is 8.15. The molecule has 3 rings (SSSR count). The van der Waals surface area contributed by atoms with E-state index < -0.39 is 26.1 Å². The van der Waals surface area contributed by atoms with Crippen molar-refractivity contribution in [3.05, 3.63) is 64.2 Å². The molecule has 1 aliphatic rings. The molecule has 0 bridgehead atoms. The number of fused-ring (bicyclic) bond motifs is 1. The Hall–Kier alpha value is -2.84. The molecule has 0 saturated carbocycles. The minimum atomic E-state index is -2.05. The van der Waals surface area contributed by atoms with Crippen molar-refractivity contribution in [3.8, 4) is 5.75 Å². The zero-order chi connectivity index (χ0) is 27.8. The van der Waals surface area contributed by atoms with Crippen LogP contribution in [0.2, 0.25) is 23.2 Å². The highest BCUT2D eigenvalue weighted by molar-refractivity contribution is 6.74. The molecule has 0 fully saturated rings. The van der Waals surface area contributed by atoms with E-state index in [9.17, 15) is 14.4 Å². The fourth-order valence-corrected chi connectivity index (χ4v) is 5.00. The van der Waals surface area contributed by atoms with Gasteiger partial charge >= 0.3 is 6.09 Å². The first kappa shape index (κ1) is 28.7. The maximum absolute atomic E-state index is 13.0. The molecule has 0 unspecified atom stereocenters. The van der Waals surface area contributed by atoms with Gasteiger partial charge in [0.1, 0.15) is 11.4 Å². The summed E-state index contributed by atoms with van der Waals surface area (Å²) in [5.41, 5.74) is 0.758. The standard InChI is InChI=1S/C28H37ClN2O5Si/c1-27(2,3)35-26(34)30-19(17-31-24(32)21-11-9-10-12-22(21)25(31)33)15-18-13-14-20(16-23(18)29)36-37(7,8)28(4,5)6/h9-14,16,19H,15,17H2,1-8H3,(H,30,34)/t19-/m0/s1. The zero-order valence-corrected chi connectivity index (χ0v) is 24.7. The molecule has 0 spiro atoms. The van der Waals surface area contributed by atoms with Crippen molar-refractivity contribution in [3.63, 3.8) is 0 Å². The molecule has 200 valence electrons. The molecule has 3 amide bonds. The van der Waals surface area contributed by atoms with E-state index in [-0.39, 0.29) is 29.8 Å². The Balaban J connectivity index is 1.83. The lowest BCUT2D eigenvalue weighted by Gasteiger charge is -2.36. The van der Waals surface area contributed by atoms with Crippen molar-refractivity contribution in [2.75, 3.05) is 6.54 Å². The number of alkyl carbamates (subject to hydrolysis) is 1. The lowest BCUT2D eigenvalue weighted by atomic mass is 10.0. The molecule has 1 heterocycles. The fourth-order valence-electron chi connectivity index (χ4n) is 3.73. The van der Waals surface area contributed by atoms with E-state index in [4.69, 9.17) is 20.8 Å². The van der Waals surface area contributed by atoms with Crippen LogP contribution in [0.4, 0.5) is 4.79 Å². The van der Waals surface area contributed by atoms with Gasteiger partial charge in [0, 0.05) is 5.02 Å². The van der Waals surface area contributed by atoms with Crippen molar-refractivity contribution in [2.24, 2.45) is 0 Å². The summed E-state index contributed by atoms with van der Waals surface area (Å²) < 4.78 is 11.8. The topological polar surface area (TPSA) is 84.9 Å². The number of imide groups is 1. The third-order valence-electron chi connectivity index (χ3n) is 6.67. The van der Waals surface area contributed by atoms with Gasteiger partial charge < -0.3 is 14.5 Å². The van der Waals surface area contributed by atoms with E-state index >= 15 is 0 Å². The maximum Gasteiger partial charge on any atom is 0.407 e. The number of halogens is 1. The number of rotatable bonds is 7. The number of amides is 3. The average Bonchev–Trinajstić information content (AvgIpc) is 2.98. The van der Waals surface area contributed by atoms with Gasteiger partial charge in [-0.05, 0) is 75.2 Å². The highest BCUT2D eigenvalue weighted by Gasteiger charge is 2.39. The van der Waals surface area contributed by atoms with Crippen molar-refractivity contribution in [2.45, 2.75) is 77.7 Å². The van der Waals surface area contributed by atoms with Gasteiger partial charge in [-0.25, -0.2) is 4.79 Å². The second kappa shape index (κ2) is 10.5. The third kappa shape index (κ3) is 6.93. The van der Waals surface area contributed by atoms with Crippen molar-refractivity contribution in [1.82, 2.24) is 10.2 Å². The maximum atomic E-state index is 13.0. The highest BCUT2D eigenvalue weighted by atomic mass is 35.5. The quantitative estimate of drug-likeness (QED) is 0.319. The number of carbonyl (C=O) groups excluding carboxylic acids is 3. The molecule has 2 aromatic rings. The Bertz CT molecular complexity index is 1160. The second-order valence-electron chi connectivity index (χ2n) is 11.9. The van der Waals surface area contributed by atoms with E-state index in [1.54, 1.807) is 51.1 Å². The highest BCUT2D eigenvalue weighted by Crippen LogP contribution is 2.38. The molecule has 0 saturated heterocycles. The molecular weight excluding hydrogens is 508 g/mol. The average molecular weight is 545 g/mol. The fraction of sp³-hybridized carbons (Fsp3) is 0.464. The van der Waals surface area contributed by atoms with Crippen LogP contribution in [0.25, 0.3) is 0 Å². The molecule has 0 aromatic heterocycles. The summed E-state index contributed by atoms with van der Waals surface area (Å²) in [5, 5.41) is 3.34. The van der Waals surface area contributed by atoms with Gasteiger partial charge in [-0.3, -0.25) is 14.5 Å². The molecule has 1 aliphatic heterocycles. The zero-order valence-electron chi connectivity index (χ0n) is 22.9. The Morgan fingerprint density at radius 3 is 2.05 bits per heavy atom. The van der Waals surface area contributed by atoms with Gasteiger partial charge in [-0.2, -0.15) is 0 Å². The predicted molar refractivity (Wildman–Crippen MR) is 148 cm³/mol. The number of benzene rings is 2. The minimum Gasteiger partial charge on any atom is -0.543 e. The van der Waals surface area contributed by atoms with Gasteiger partial charge in [0.25, 0.3) is 11.8 Å². The van der Waals surface area contributed by atoms with Crippen LogP contribution >= 0.6 is 11.6 Å². The molecule has 0 aliphatic carbocycles. The normalized spacial score (nSPS) is 14.9. The number of nitrogens with zero attached hydrogens (tertiary/aromatic N) is 1. The summed E-state index contributed by atoms with van der Waals surface area (Å²) in [6, 6.07) is 11.6. The third-order valence-corrected chi connectivity index (χ3v) is 11.4. The predicted octanol–water partition coefficient (Wildman–Crippen LogP) is 6.46. The smallest absolute Gasteiger partial charge is 0.407 e. The Morgan fingerprint density at radius 1 is 1.00 bits per heavy atom. The van der Waals surface area contributed by atoms with E-state index in [2.05, 4.69) is 39.2 Å². The molecule has 1 atom stereocenters. The second-order valence-corrected chi connectivity index (χ2v) is 17.1. The minimum absolute atomic E-state index is 0.0237. The van der Waals surface area contributed by atoms with Crippen LogP contribution in [0.15, 0.2) is 42.5 Å². The lowest BCUT2D eigenvalue weighted by molar-refractivity contribution is 0.0468. The largest absolute Gasteiger partial charge is 0.543 e. The van der Waals surface area contributed by atoms with Crippen LogP contribution < -0.4 is 9.74 Å². The van der Waals surface area contributed by atoms with E-state index in [0.717, 1.165) is 10.5 Å². The first-order chi connectivity index (χ1) is 17.0. The Morgan fingerprint density at radius 2 is 1.57 bits per heavy atom. The molecule has 37 heavy (non-hydrogen) atoms. The summed E-state index contributed by atoms with van der Waals surface area (Å²) in [5.74, 6) is -0.0843. The number of nitrogens with one attached hydrogen (secondary N) is 1. The number of carbonyl (C=O) groups is 3. The summed E-state index contributed by atoms with van der Waals surface area (Å²) in [6.45, 7) is 16.1. The van der Waals surface area contributed by atoms with Gasteiger partial charge in [-0.15, -0.1) is 0 Å². The lowest BCUT2D eigenvalue weighted by Crippen LogP contribution is -2.48. The van der Waals surface area contributed by atoms with Crippen LogP contribution in [0.3, 0.4) is 0 Å². The van der Waals surface area contributed by atoms with E-state index in [1.807, 2.05) is 12.1 Å². The SMILES string of the molecule is CC(C)(C)OC(=O)N[C@@H](Cc1ccc(O[Si](C)(C)C(C)(C)C)cc1Cl)CN1C(=O)c2ccccc2C1=O. The summed E-state index contributed by atoms with van der Waals surface area (Å²) in [6.07, 6.45) is -0.352. The van der Waals surface area contributed by atoms with Gasteiger partial charge in [0.05, 0.1) is 23.7 Å². The van der Waals surface area contributed by atoms with Gasteiger partial charge in [-0.1, -0.05) is 50.6 Å². The first-order valence-electron chi connectivity index (χ1n) is 12.4. The van der Waals surface area contributed by atoms with Gasteiger partial charge in [0.15, 0.2) is 0 Å². The van der Waals surface area contributed by atoms with Crippen molar-refractivity contribution in [1.29, 1.82) is 0 Å².